The largest absolute Gasteiger partial charge is 0.383 e. The molecule has 4 heteroatoms. The topological polar surface area (TPSA) is 46.2 Å². The van der Waals surface area contributed by atoms with Crippen LogP contribution in [0.4, 0.5) is 0 Å². The predicted molar refractivity (Wildman–Crippen MR) is 75.0 cm³/mol. The van der Waals surface area contributed by atoms with Crippen molar-refractivity contribution < 1.29 is 8.42 Å². The molecule has 0 radical (unpaired) electrons. The van der Waals surface area contributed by atoms with E-state index in [9.17, 15) is 8.42 Å². The van der Waals surface area contributed by atoms with Crippen LogP contribution in [0.15, 0.2) is 40.3 Å². The van der Waals surface area contributed by atoms with E-state index in [0.717, 1.165) is 5.56 Å². The fourth-order valence-electron chi connectivity index (χ4n) is 1.65. The summed E-state index contributed by atoms with van der Waals surface area (Å²) < 4.78 is 24.2. The van der Waals surface area contributed by atoms with Crippen molar-refractivity contribution in [3.63, 3.8) is 0 Å². The van der Waals surface area contributed by atoms with Crippen molar-refractivity contribution in [2.24, 2.45) is 0 Å². The molecule has 0 fully saturated rings. The molecule has 3 nitrogen and oxygen atoms in total. The first-order valence-electron chi connectivity index (χ1n) is 5.88. The highest BCUT2D eigenvalue weighted by atomic mass is 32.2. The zero-order valence-corrected chi connectivity index (χ0v) is 12.4. The van der Waals surface area contributed by atoms with Gasteiger partial charge < -0.3 is 5.32 Å². The van der Waals surface area contributed by atoms with Crippen LogP contribution in [0.25, 0.3) is 0 Å². The zero-order valence-electron chi connectivity index (χ0n) is 11.6. The van der Waals surface area contributed by atoms with Crippen LogP contribution in [0.5, 0.6) is 0 Å². The minimum atomic E-state index is -3.37. The van der Waals surface area contributed by atoms with Gasteiger partial charge in [0.1, 0.15) is 0 Å². The van der Waals surface area contributed by atoms with Crippen LogP contribution in [-0.4, -0.2) is 14.0 Å². The normalized spacial score (nSPS) is 13.5. The van der Waals surface area contributed by atoms with Crippen molar-refractivity contribution in [1.29, 1.82) is 0 Å². The van der Waals surface area contributed by atoms with E-state index in [1.165, 1.54) is 5.41 Å². The third-order valence-corrected chi connectivity index (χ3v) is 3.85. The van der Waals surface area contributed by atoms with Gasteiger partial charge in [0.05, 0.1) is 10.3 Å². The van der Waals surface area contributed by atoms with Crippen LogP contribution in [0.1, 0.15) is 33.3 Å². The molecule has 0 saturated carbocycles. The predicted octanol–water partition coefficient (Wildman–Crippen LogP) is 3.02. The van der Waals surface area contributed by atoms with Crippen molar-refractivity contribution in [3.8, 4) is 0 Å². The molecule has 100 valence electrons. The summed E-state index contributed by atoms with van der Waals surface area (Å²) >= 11 is 0. The summed E-state index contributed by atoms with van der Waals surface area (Å²) in [5.74, 6) is 0. The molecule has 0 aliphatic carbocycles. The SMILES string of the molecule is C/C(=C/S(=O)(=O)c1ccc(C)cc1)NC(C)(C)C. The smallest absolute Gasteiger partial charge is 0.201 e. The highest BCUT2D eigenvalue weighted by Crippen LogP contribution is 2.15. The molecule has 1 aromatic rings. The third kappa shape index (κ3) is 4.53. The summed E-state index contributed by atoms with van der Waals surface area (Å²) in [6.45, 7) is 9.66. The van der Waals surface area contributed by atoms with Gasteiger partial charge in [0.2, 0.25) is 9.84 Å². The van der Waals surface area contributed by atoms with Gasteiger partial charge in [-0.3, -0.25) is 0 Å². The van der Waals surface area contributed by atoms with Crippen LogP contribution in [0.2, 0.25) is 0 Å². The Labute approximate surface area is 110 Å². The van der Waals surface area contributed by atoms with Crippen molar-refractivity contribution >= 4 is 9.84 Å². The molecule has 0 aliphatic rings. The third-order valence-electron chi connectivity index (χ3n) is 2.25. The molecule has 0 atom stereocenters. The van der Waals surface area contributed by atoms with Crippen LogP contribution < -0.4 is 5.32 Å². The first kappa shape index (κ1) is 14.8. The fourth-order valence-corrected chi connectivity index (χ4v) is 2.83. The van der Waals surface area contributed by atoms with Gasteiger partial charge in [-0.2, -0.15) is 0 Å². The number of hydrogen-bond acceptors (Lipinski definition) is 3. The summed E-state index contributed by atoms with van der Waals surface area (Å²) in [5.41, 5.74) is 1.54. The van der Waals surface area contributed by atoms with E-state index in [4.69, 9.17) is 0 Å². The number of sulfone groups is 1. The quantitative estimate of drug-likeness (QED) is 0.915. The lowest BCUT2D eigenvalue weighted by Gasteiger charge is -2.22. The second kappa shape index (κ2) is 5.14. The zero-order chi connectivity index (χ0) is 14.0. The van der Waals surface area contributed by atoms with Crippen molar-refractivity contribution in [2.75, 3.05) is 0 Å². The molecule has 18 heavy (non-hydrogen) atoms. The van der Waals surface area contributed by atoms with E-state index < -0.39 is 9.84 Å². The number of aryl methyl sites for hydroxylation is 1. The van der Waals surface area contributed by atoms with Crippen LogP contribution in [-0.2, 0) is 9.84 Å². The monoisotopic (exact) mass is 267 g/mol. The second-order valence-corrected chi connectivity index (χ2v) is 7.33. The van der Waals surface area contributed by atoms with E-state index in [-0.39, 0.29) is 5.54 Å². The maximum absolute atomic E-state index is 12.1. The van der Waals surface area contributed by atoms with Gasteiger partial charge in [0.15, 0.2) is 0 Å². The Morgan fingerprint density at radius 2 is 1.67 bits per heavy atom. The Bertz CT molecular complexity index is 534. The van der Waals surface area contributed by atoms with Gasteiger partial charge in [0, 0.05) is 11.2 Å². The molecule has 0 aromatic heterocycles. The van der Waals surface area contributed by atoms with Crippen LogP contribution in [0, 0.1) is 6.92 Å². The molecule has 0 unspecified atom stereocenters. The maximum Gasteiger partial charge on any atom is 0.201 e. The molecule has 0 bridgehead atoms. The summed E-state index contributed by atoms with van der Waals surface area (Å²) in [4.78, 5) is 0.322. The second-order valence-electron chi connectivity index (χ2n) is 5.53. The van der Waals surface area contributed by atoms with Gasteiger partial charge in [-0.15, -0.1) is 0 Å². The molecule has 0 spiro atoms. The Balaban J connectivity index is 3.01. The average molecular weight is 267 g/mol. The minimum Gasteiger partial charge on any atom is -0.383 e. The standard InChI is InChI=1S/C14H21NO2S/c1-11-6-8-13(9-7-11)18(16,17)10-12(2)15-14(3,4)5/h6-10,15H,1-5H3/b12-10-. The first-order chi connectivity index (χ1) is 8.10. The Kier molecular flexibility index (Phi) is 4.22. The average Bonchev–Trinajstić information content (AvgIpc) is 2.13. The lowest BCUT2D eigenvalue weighted by molar-refractivity contribution is 0.474. The Morgan fingerprint density at radius 1 is 1.17 bits per heavy atom. The van der Waals surface area contributed by atoms with Crippen LogP contribution >= 0.6 is 0 Å². The molecule has 1 N–H and O–H groups in total. The summed E-state index contributed by atoms with van der Waals surface area (Å²) in [6.07, 6.45) is 0. The Hall–Kier alpha value is -1.29. The number of allylic oxidation sites excluding steroid dienone is 1. The molecule has 0 saturated heterocycles. The molecule has 0 heterocycles. The van der Waals surface area contributed by atoms with E-state index in [1.54, 1.807) is 31.2 Å². The lowest BCUT2D eigenvalue weighted by Crippen LogP contribution is -2.34. The number of rotatable bonds is 3. The van der Waals surface area contributed by atoms with E-state index in [1.807, 2.05) is 27.7 Å². The van der Waals surface area contributed by atoms with Crippen molar-refractivity contribution in [3.05, 3.63) is 40.9 Å². The van der Waals surface area contributed by atoms with Crippen molar-refractivity contribution in [2.45, 2.75) is 45.1 Å². The molecule has 1 aromatic carbocycles. The fraction of sp³-hybridized carbons (Fsp3) is 0.429. The number of hydrogen-bond donors (Lipinski definition) is 1. The first-order valence-corrected chi connectivity index (χ1v) is 7.43. The van der Waals surface area contributed by atoms with E-state index in [2.05, 4.69) is 5.32 Å². The highest BCUT2D eigenvalue weighted by molar-refractivity contribution is 7.94. The lowest BCUT2D eigenvalue weighted by atomic mass is 10.1. The summed E-state index contributed by atoms with van der Waals surface area (Å²) in [6, 6.07) is 6.86. The molecule has 0 aliphatic heterocycles. The Morgan fingerprint density at radius 3 is 2.11 bits per heavy atom. The van der Waals surface area contributed by atoms with Gasteiger partial charge >= 0.3 is 0 Å². The molecule has 0 amide bonds. The van der Waals surface area contributed by atoms with Gasteiger partial charge in [0.25, 0.3) is 0 Å². The van der Waals surface area contributed by atoms with E-state index in [0.29, 0.717) is 10.6 Å². The summed E-state index contributed by atoms with van der Waals surface area (Å²) in [7, 11) is -3.37. The van der Waals surface area contributed by atoms with Gasteiger partial charge in [-0.05, 0) is 46.8 Å². The van der Waals surface area contributed by atoms with Gasteiger partial charge in [-0.1, -0.05) is 17.7 Å². The minimum absolute atomic E-state index is 0.149. The molecular formula is C14H21NO2S. The van der Waals surface area contributed by atoms with Crippen molar-refractivity contribution in [1.82, 2.24) is 5.32 Å². The number of benzene rings is 1. The van der Waals surface area contributed by atoms with Crippen LogP contribution in [0.3, 0.4) is 0 Å². The summed E-state index contributed by atoms with van der Waals surface area (Å²) in [5, 5.41) is 4.42. The molecular weight excluding hydrogens is 246 g/mol. The highest BCUT2D eigenvalue weighted by Gasteiger charge is 2.14. The van der Waals surface area contributed by atoms with Gasteiger partial charge in [-0.25, -0.2) is 8.42 Å². The maximum atomic E-state index is 12.1. The van der Waals surface area contributed by atoms with E-state index >= 15 is 0 Å². The number of nitrogens with one attached hydrogen (secondary N) is 1. The molecule has 1 rings (SSSR count).